The maximum Gasteiger partial charge on any atom is 0.573 e. The first-order valence-electron chi connectivity index (χ1n) is 21.3. The van der Waals surface area contributed by atoms with Crippen LogP contribution in [-0.4, -0.2) is 135 Å². The van der Waals surface area contributed by atoms with Crippen LogP contribution in [0.3, 0.4) is 0 Å². The van der Waals surface area contributed by atoms with Crippen LogP contribution in [0, 0.1) is 0 Å². The van der Waals surface area contributed by atoms with Crippen molar-refractivity contribution in [3.63, 3.8) is 0 Å². The van der Waals surface area contributed by atoms with E-state index in [2.05, 4.69) is 41.3 Å². The number of imide groups is 2. The smallest absolute Gasteiger partial charge is 0.483 e. The molecule has 68 heavy (non-hydrogen) atoms. The molecule has 1 saturated heterocycles. The highest BCUT2D eigenvalue weighted by atomic mass is 19.4. The van der Waals surface area contributed by atoms with Gasteiger partial charge in [-0.3, -0.25) is 43.8 Å². The number of hydrogen-bond acceptors (Lipinski definition) is 15. The molecule has 3 aromatic carbocycles. The van der Waals surface area contributed by atoms with E-state index in [1.54, 1.807) is 30.3 Å². The van der Waals surface area contributed by atoms with Crippen LogP contribution in [0.2, 0.25) is 0 Å². The molecule has 0 bridgehead atoms. The van der Waals surface area contributed by atoms with Gasteiger partial charge in [0.2, 0.25) is 17.7 Å². The Hall–Kier alpha value is -7.50. The van der Waals surface area contributed by atoms with Gasteiger partial charge in [0.15, 0.2) is 6.61 Å². The van der Waals surface area contributed by atoms with Crippen LogP contribution >= 0.6 is 0 Å². The lowest BCUT2D eigenvalue weighted by atomic mass is 10.0. The second-order valence-corrected chi connectivity index (χ2v) is 14.9. The first-order valence-corrected chi connectivity index (χ1v) is 21.3. The molecule has 360 valence electrons. The maximum absolute atomic E-state index is 13.2. The summed E-state index contributed by atoms with van der Waals surface area (Å²) in [7, 11) is 0. The van der Waals surface area contributed by atoms with Crippen molar-refractivity contribution in [2.45, 2.75) is 38.1 Å². The molecule has 1 unspecified atom stereocenters. The molecule has 0 spiro atoms. The minimum absolute atomic E-state index is 0.00749. The second kappa shape index (κ2) is 24.3. The summed E-state index contributed by atoms with van der Waals surface area (Å²) in [5.74, 6) is -3.91. The zero-order valence-electron chi connectivity index (χ0n) is 36.4. The number of fused-ring (bicyclic) bond motifs is 1. The summed E-state index contributed by atoms with van der Waals surface area (Å²) in [5, 5.41) is 13.1. The van der Waals surface area contributed by atoms with Gasteiger partial charge in [-0.05, 0) is 67.8 Å². The zero-order chi connectivity index (χ0) is 48.5. The SMILES string of the molecule is O=C(CNC(=O)c1cccc(-c2cc(Nc3ccc(OC(F)(F)F)cc3)ncn2)c1)NCCCOCCOCCOCCCNC(=O)COc1cccc2c1C(=O)N(C1CCC(=O)NC1=O)C2=O. The molecule has 6 rings (SSSR count). The lowest BCUT2D eigenvalue weighted by Gasteiger charge is -2.27. The molecule has 2 aliphatic rings. The van der Waals surface area contributed by atoms with Gasteiger partial charge in [0.05, 0.1) is 49.8 Å². The molecule has 3 heterocycles. The van der Waals surface area contributed by atoms with Crippen LogP contribution in [0.1, 0.15) is 56.8 Å². The van der Waals surface area contributed by atoms with E-state index < -0.39 is 54.5 Å². The van der Waals surface area contributed by atoms with Crippen LogP contribution in [0.25, 0.3) is 11.3 Å². The van der Waals surface area contributed by atoms with E-state index in [1.165, 1.54) is 36.7 Å². The fourth-order valence-electron chi connectivity index (χ4n) is 6.76. The van der Waals surface area contributed by atoms with Crippen molar-refractivity contribution < 1.29 is 70.4 Å². The van der Waals surface area contributed by atoms with Crippen molar-refractivity contribution in [1.29, 1.82) is 0 Å². The Bertz CT molecular complexity index is 2460. The quantitative estimate of drug-likeness (QED) is 0.0473. The van der Waals surface area contributed by atoms with Crippen molar-refractivity contribution in [2.24, 2.45) is 0 Å². The van der Waals surface area contributed by atoms with E-state index in [0.29, 0.717) is 88.3 Å². The number of alkyl halides is 3. The van der Waals surface area contributed by atoms with E-state index in [-0.39, 0.29) is 53.5 Å². The molecule has 0 radical (unpaired) electrons. The van der Waals surface area contributed by atoms with E-state index in [0.717, 1.165) is 17.0 Å². The highest BCUT2D eigenvalue weighted by Crippen LogP contribution is 2.34. The number of halogens is 3. The van der Waals surface area contributed by atoms with Crippen molar-refractivity contribution in [3.05, 3.63) is 95.8 Å². The summed E-state index contributed by atoms with van der Waals surface area (Å²) in [6, 6.07) is 16.6. The first kappa shape index (κ1) is 49.9. The Morgan fingerprint density at radius 1 is 0.765 bits per heavy atom. The number of aromatic nitrogens is 2. The van der Waals surface area contributed by atoms with Crippen LogP contribution < -0.4 is 36.1 Å². The third-order valence-corrected chi connectivity index (χ3v) is 9.97. The van der Waals surface area contributed by atoms with Gasteiger partial charge in [-0.15, -0.1) is 13.2 Å². The fourth-order valence-corrected chi connectivity index (χ4v) is 6.76. The molecule has 0 aliphatic carbocycles. The molecule has 1 aromatic heterocycles. The van der Waals surface area contributed by atoms with Crippen LogP contribution in [0.5, 0.6) is 11.5 Å². The fraction of sp³-hybridized carbons (Fsp3) is 0.356. The monoisotopic (exact) mass is 948 g/mol. The number of carbonyl (C=O) groups is 7. The first-order chi connectivity index (χ1) is 32.8. The molecule has 5 N–H and O–H groups in total. The molecule has 1 atom stereocenters. The normalized spacial score (nSPS) is 14.5. The highest BCUT2D eigenvalue weighted by Gasteiger charge is 2.46. The Labute approximate surface area is 386 Å². The summed E-state index contributed by atoms with van der Waals surface area (Å²) in [4.78, 5) is 96.8. The molecule has 1 fully saturated rings. The number of ether oxygens (including phenoxy) is 5. The van der Waals surface area contributed by atoms with Gasteiger partial charge in [0, 0.05) is 55.6 Å². The summed E-state index contributed by atoms with van der Waals surface area (Å²) in [6.45, 7) is 1.98. The highest BCUT2D eigenvalue weighted by molar-refractivity contribution is 6.24. The second-order valence-electron chi connectivity index (χ2n) is 14.9. The number of carbonyl (C=O) groups excluding carboxylic acids is 7. The van der Waals surface area contributed by atoms with Gasteiger partial charge in [-0.2, -0.15) is 0 Å². The Balaban J connectivity index is 0.751. The number of piperidine rings is 1. The van der Waals surface area contributed by atoms with Gasteiger partial charge < -0.3 is 45.0 Å². The predicted molar refractivity (Wildman–Crippen MR) is 233 cm³/mol. The lowest BCUT2D eigenvalue weighted by molar-refractivity contribution is -0.274. The van der Waals surface area contributed by atoms with Gasteiger partial charge in [-0.25, -0.2) is 9.97 Å². The minimum Gasteiger partial charge on any atom is -0.483 e. The Morgan fingerprint density at radius 2 is 1.44 bits per heavy atom. The summed E-state index contributed by atoms with van der Waals surface area (Å²) >= 11 is 0. The van der Waals surface area contributed by atoms with Crippen molar-refractivity contribution in [3.8, 4) is 22.8 Å². The molecule has 4 aromatic rings. The third kappa shape index (κ3) is 14.8. The maximum atomic E-state index is 13.2. The van der Waals surface area contributed by atoms with Crippen LogP contribution in [0.4, 0.5) is 24.7 Å². The number of nitrogens with zero attached hydrogens (tertiary/aromatic N) is 3. The molecule has 7 amide bonds. The third-order valence-electron chi connectivity index (χ3n) is 9.97. The average molecular weight is 949 g/mol. The molecule has 20 nitrogen and oxygen atoms in total. The van der Waals surface area contributed by atoms with E-state index >= 15 is 0 Å². The Kier molecular flexibility index (Phi) is 17.9. The van der Waals surface area contributed by atoms with Crippen molar-refractivity contribution in [1.82, 2.24) is 36.1 Å². The number of rotatable bonds is 25. The molecular weight excluding hydrogens is 902 g/mol. The topological polar surface area (TPSA) is 255 Å². The molecular formula is C45H47F3N8O12. The van der Waals surface area contributed by atoms with E-state index in [4.69, 9.17) is 18.9 Å². The van der Waals surface area contributed by atoms with Crippen molar-refractivity contribution in [2.75, 3.05) is 71.2 Å². The van der Waals surface area contributed by atoms with Gasteiger partial charge >= 0.3 is 6.36 Å². The molecule has 2 aliphatic heterocycles. The predicted octanol–water partition coefficient (Wildman–Crippen LogP) is 3.06. The number of anilines is 2. The molecule has 23 heteroatoms. The average Bonchev–Trinajstić information content (AvgIpc) is 3.57. The van der Waals surface area contributed by atoms with E-state index in [1.807, 2.05) is 0 Å². The zero-order valence-corrected chi connectivity index (χ0v) is 36.4. The number of hydrogen-bond donors (Lipinski definition) is 5. The lowest BCUT2D eigenvalue weighted by Crippen LogP contribution is -2.54. The number of amides is 7. The van der Waals surface area contributed by atoms with Crippen LogP contribution in [0.15, 0.2) is 79.1 Å². The number of benzene rings is 3. The largest absolute Gasteiger partial charge is 0.573 e. The van der Waals surface area contributed by atoms with E-state index in [9.17, 15) is 46.7 Å². The van der Waals surface area contributed by atoms with Crippen LogP contribution in [-0.2, 0) is 33.4 Å². The van der Waals surface area contributed by atoms with Gasteiger partial charge in [0.25, 0.3) is 23.6 Å². The van der Waals surface area contributed by atoms with Gasteiger partial charge in [0.1, 0.15) is 29.7 Å². The molecule has 0 saturated carbocycles. The summed E-state index contributed by atoms with van der Waals surface area (Å²) in [5.41, 5.74) is 1.80. The summed E-state index contributed by atoms with van der Waals surface area (Å²) < 4.78 is 63.4. The summed E-state index contributed by atoms with van der Waals surface area (Å²) in [6.07, 6.45) is -2.46. The standard InChI is InChI=1S/C45H47F3N8O12/c46-45(47,48)68-31-11-9-30(10-12-31)54-36-24-33(52-27-53-36)28-5-1-6-29(23-28)41(60)51-25-38(58)49-15-3-17-64-19-21-66-22-20-65-18-4-16-50-39(59)26-67-35-8-2-7-32-40(35)44(63)56(43(32)62)34-13-14-37(57)55-42(34)61/h1-2,5-12,23-24,27,34H,3-4,13-22,25-26H2,(H,49,58)(H,50,59)(H,51,60)(H,52,53,54)(H,55,57,61). The minimum atomic E-state index is -4.80. The van der Waals surface area contributed by atoms with Gasteiger partial charge in [-0.1, -0.05) is 18.2 Å². The Morgan fingerprint density at radius 3 is 2.13 bits per heavy atom. The van der Waals surface area contributed by atoms with Crippen molar-refractivity contribution >= 4 is 52.9 Å². The number of nitrogens with one attached hydrogen (secondary N) is 5.